The zero-order valence-electron chi connectivity index (χ0n) is 13.9. The lowest BCUT2D eigenvalue weighted by atomic mass is 10.1. The van der Waals surface area contributed by atoms with Crippen LogP contribution >= 0.6 is 0 Å². The van der Waals surface area contributed by atoms with Gasteiger partial charge < -0.3 is 19.8 Å². The number of fused-ring (bicyclic) bond motifs is 1. The van der Waals surface area contributed by atoms with E-state index in [-0.39, 0.29) is 11.9 Å². The summed E-state index contributed by atoms with van der Waals surface area (Å²) in [6, 6.07) is 15.3. The first-order valence-electron chi connectivity index (χ1n) is 7.73. The number of amides is 1. The smallest absolute Gasteiger partial charge is 0.268 e. The van der Waals surface area contributed by atoms with E-state index in [0.29, 0.717) is 17.2 Å². The molecule has 1 aromatic heterocycles. The Kier molecular flexibility index (Phi) is 4.42. The molecule has 0 unspecified atom stereocenters. The van der Waals surface area contributed by atoms with Gasteiger partial charge in [0.15, 0.2) is 11.5 Å². The zero-order valence-corrected chi connectivity index (χ0v) is 13.9. The Morgan fingerprint density at radius 3 is 2.38 bits per heavy atom. The fourth-order valence-corrected chi connectivity index (χ4v) is 2.68. The molecule has 0 radical (unpaired) electrons. The van der Waals surface area contributed by atoms with E-state index in [4.69, 9.17) is 9.47 Å². The largest absolute Gasteiger partial charge is 0.493 e. The number of carbonyl (C=O) groups is 1. The minimum atomic E-state index is -0.152. The highest BCUT2D eigenvalue weighted by atomic mass is 16.5. The van der Waals surface area contributed by atoms with Gasteiger partial charge in [0.25, 0.3) is 5.91 Å². The molecular weight excluding hydrogens is 304 g/mol. The Morgan fingerprint density at radius 1 is 1.04 bits per heavy atom. The van der Waals surface area contributed by atoms with E-state index in [9.17, 15) is 4.79 Å². The Hall–Kier alpha value is -2.95. The number of hydrogen-bond acceptors (Lipinski definition) is 3. The zero-order chi connectivity index (χ0) is 17.1. The molecule has 0 aliphatic rings. The molecule has 1 amide bonds. The van der Waals surface area contributed by atoms with Gasteiger partial charge in [0.1, 0.15) is 5.69 Å². The number of methoxy groups -OCH3 is 2. The molecule has 5 heteroatoms. The molecule has 124 valence electrons. The van der Waals surface area contributed by atoms with Crippen LogP contribution in [0.5, 0.6) is 11.5 Å². The van der Waals surface area contributed by atoms with Crippen LogP contribution < -0.4 is 14.8 Å². The van der Waals surface area contributed by atoms with E-state index in [1.54, 1.807) is 14.2 Å². The van der Waals surface area contributed by atoms with Gasteiger partial charge in [-0.15, -0.1) is 0 Å². The fraction of sp³-hybridized carbons (Fsp3) is 0.211. The van der Waals surface area contributed by atoms with E-state index in [1.807, 2.05) is 55.5 Å². The Morgan fingerprint density at radius 2 is 1.71 bits per heavy atom. The van der Waals surface area contributed by atoms with Crippen molar-refractivity contribution in [2.75, 3.05) is 14.2 Å². The maximum atomic E-state index is 12.5. The number of carbonyl (C=O) groups excluding carboxylic acids is 1. The molecule has 24 heavy (non-hydrogen) atoms. The number of ether oxygens (including phenoxy) is 2. The van der Waals surface area contributed by atoms with Gasteiger partial charge in [-0.1, -0.05) is 30.3 Å². The number of H-pyrrole nitrogens is 1. The van der Waals surface area contributed by atoms with Gasteiger partial charge in [0.2, 0.25) is 0 Å². The van der Waals surface area contributed by atoms with Crippen molar-refractivity contribution in [2.45, 2.75) is 13.0 Å². The summed E-state index contributed by atoms with van der Waals surface area (Å²) < 4.78 is 10.6. The van der Waals surface area contributed by atoms with Crippen LogP contribution in [0.25, 0.3) is 10.9 Å². The van der Waals surface area contributed by atoms with Crippen molar-refractivity contribution in [1.29, 1.82) is 0 Å². The quantitative estimate of drug-likeness (QED) is 0.752. The molecule has 0 saturated carbocycles. The molecule has 0 saturated heterocycles. The van der Waals surface area contributed by atoms with Crippen LogP contribution in [-0.2, 0) is 0 Å². The van der Waals surface area contributed by atoms with Crippen LogP contribution in [0.2, 0.25) is 0 Å². The van der Waals surface area contributed by atoms with E-state index in [0.717, 1.165) is 16.5 Å². The molecule has 0 aliphatic carbocycles. The van der Waals surface area contributed by atoms with Crippen molar-refractivity contribution in [2.24, 2.45) is 0 Å². The molecule has 1 atom stereocenters. The summed E-state index contributed by atoms with van der Waals surface area (Å²) in [7, 11) is 3.17. The lowest BCUT2D eigenvalue weighted by molar-refractivity contribution is 0.0935. The number of hydrogen-bond donors (Lipinski definition) is 2. The van der Waals surface area contributed by atoms with Crippen LogP contribution in [0.1, 0.15) is 29.0 Å². The van der Waals surface area contributed by atoms with Crippen molar-refractivity contribution in [3.63, 3.8) is 0 Å². The normalized spacial score (nSPS) is 12.0. The molecule has 2 aromatic carbocycles. The third-order valence-electron chi connectivity index (χ3n) is 4.02. The van der Waals surface area contributed by atoms with Crippen molar-refractivity contribution in [1.82, 2.24) is 10.3 Å². The van der Waals surface area contributed by atoms with Gasteiger partial charge in [-0.2, -0.15) is 0 Å². The lowest BCUT2D eigenvalue weighted by Gasteiger charge is -2.13. The molecule has 0 aliphatic heterocycles. The molecule has 0 spiro atoms. The highest BCUT2D eigenvalue weighted by molar-refractivity contribution is 5.98. The van der Waals surface area contributed by atoms with Gasteiger partial charge in [0, 0.05) is 17.0 Å². The van der Waals surface area contributed by atoms with Crippen LogP contribution in [0.4, 0.5) is 0 Å². The second-order valence-corrected chi connectivity index (χ2v) is 5.58. The van der Waals surface area contributed by atoms with Crippen molar-refractivity contribution in [3.05, 3.63) is 59.8 Å². The second-order valence-electron chi connectivity index (χ2n) is 5.58. The van der Waals surface area contributed by atoms with Gasteiger partial charge in [0.05, 0.1) is 20.3 Å². The highest BCUT2D eigenvalue weighted by Crippen LogP contribution is 2.32. The topological polar surface area (TPSA) is 63.3 Å². The van der Waals surface area contributed by atoms with Gasteiger partial charge in [-0.05, 0) is 24.6 Å². The predicted molar refractivity (Wildman–Crippen MR) is 93.7 cm³/mol. The summed E-state index contributed by atoms with van der Waals surface area (Å²) >= 11 is 0. The summed E-state index contributed by atoms with van der Waals surface area (Å²) in [4.78, 5) is 15.6. The average Bonchev–Trinajstić information content (AvgIpc) is 3.04. The third kappa shape index (κ3) is 3.06. The van der Waals surface area contributed by atoms with Crippen LogP contribution in [-0.4, -0.2) is 25.1 Å². The van der Waals surface area contributed by atoms with E-state index >= 15 is 0 Å². The summed E-state index contributed by atoms with van der Waals surface area (Å²) in [6.07, 6.45) is 0. The molecule has 5 nitrogen and oxygen atoms in total. The minimum absolute atomic E-state index is 0.0748. The van der Waals surface area contributed by atoms with Crippen molar-refractivity contribution >= 4 is 16.8 Å². The maximum Gasteiger partial charge on any atom is 0.268 e. The first-order chi connectivity index (χ1) is 11.6. The summed E-state index contributed by atoms with van der Waals surface area (Å²) in [5, 5.41) is 3.89. The standard InChI is InChI=1S/C19H20N2O3/c1-12(13-7-5-4-6-8-13)20-19(22)16-9-14-10-17(23-2)18(24-3)11-15(14)21-16/h4-12,21H,1-3H3,(H,20,22)/t12-/m0/s1. The molecule has 0 fully saturated rings. The molecule has 0 bridgehead atoms. The first-order valence-corrected chi connectivity index (χ1v) is 7.73. The Bertz CT molecular complexity index is 815. The molecule has 3 rings (SSSR count). The van der Waals surface area contributed by atoms with Crippen molar-refractivity contribution in [3.8, 4) is 11.5 Å². The second kappa shape index (κ2) is 6.66. The molecule has 3 aromatic rings. The highest BCUT2D eigenvalue weighted by Gasteiger charge is 2.15. The van der Waals surface area contributed by atoms with Crippen LogP contribution in [0.15, 0.2) is 48.5 Å². The number of benzene rings is 2. The van der Waals surface area contributed by atoms with Crippen molar-refractivity contribution < 1.29 is 14.3 Å². The monoisotopic (exact) mass is 324 g/mol. The van der Waals surface area contributed by atoms with E-state index in [2.05, 4.69) is 10.3 Å². The van der Waals surface area contributed by atoms with Gasteiger partial charge >= 0.3 is 0 Å². The van der Waals surface area contributed by atoms with E-state index < -0.39 is 0 Å². The van der Waals surface area contributed by atoms with Crippen LogP contribution in [0.3, 0.4) is 0 Å². The van der Waals surface area contributed by atoms with Gasteiger partial charge in [-0.3, -0.25) is 4.79 Å². The summed E-state index contributed by atoms with van der Waals surface area (Å²) in [5.41, 5.74) is 2.39. The number of aromatic nitrogens is 1. The lowest BCUT2D eigenvalue weighted by Crippen LogP contribution is -2.26. The minimum Gasteiger partial charge on any atom is -0.493 e. The Balaban J connectivity index is 1.85. The fourth-order valence-electron chi connectivity index (χ4n) is 2.68. The molecule has 1 heterocycles. The number of nitrogens with one attached hydrogen (secondary N) is 2. The molecular formula is C19H20N2O3. The van der Waals surface area contributed by atoms with Gasteiger partial charge in [-0.25, -0.2) is 0 Å². The average molecular weight is 324 g/mol. The third-order valence-corrected chi connectivity index (χ3v) is 4.02. The SMILES string of the molecule is COc1cc2cc(C(=O)N[C@@H](C)c3ccccc3)[nH]c2cc1OC. The Labute approximate surface area is 140 Å². The molecule has 2 N–H and O–H groups in total. The first kappa shape index (κ1) is 15.9. The number of aromatic amines is 1. The number of rotatable bonds is 5. The van der Waals surface area contributed by atoms with E-state index in [1.165, 1.54) is 0 Å². The summed E-state index contributed by atoms with van der Waals surface area (Å²) in [6.45, 7) is 1.96. The van der Waals surface area contributed by atoms with Crippen LogP contribution in [0, 0.1) is 0 Å². The summed E-state index contributed by atoms with van der Waals surface area (Å²) in [5.74, 6) is 1.10. The predicted octanol–water partition coefficient (Wildman–Crippen LogP) is 3.68. The maximum absolute atomic E-state index is 12.5.